The van der Waals surface area contributed by atoms with Crippen LogP contribution in [0.5, 0.6) is 0 Å². The van der Waals surface area contributed by atoms with E-state index >= 15 is 4.79 Å². The van der Waals surface area contributed by atoms with E-state index in [2.05, 4.69) is 19.2 Å². The highest BCUT2D eigenvalue weighted by Crippen LogP contribution is 2.59. The van der Waals surface area contributed by atoms with Crippen molar-refractivity contribution in [1.82, 2.24) is 15.3 Å². The predicted molar refractivity (Wildman–Crippen MR) is 241 cm³/mol. The number of unbranched alkanes of at least 4 members (excludes halogenated alkanes) is 4. The van der Waals surface area contributed by atoms with Crippen LogP contribution in [0.4, 0.5) is 0 Å². The number of amides is 2. The van der Waals surface area contributed by atoms with Gasteiger partial charge < -0.3 is 43.7 Å². The first-order chi connectivity index (χ1) is 31.8. The molecule has 67 heavy (non-hydrogen) atoms. The fraction of sp³-hybridized carbons (Fsp3) is 0.720. The Balaban J connectivity index is 1.14. The summed E-state index contributed by atoms with van der Waals surface area (Å²) in [5.41, 5.74) is -1.42. The van der Waals surface area contributed by atoms with Gasteiger partial charge in [-0.15, -0.1) is 0 Å². The van der Waals surface area contributed by atoms with E-state index in [1.807, 2.05) is 12.1 Å². The second kappa shape index (κ2) is 20.7. The number of likely N-dealkylation sites (tertiary alicyclic amines) is 1. The number of nitrogens with zero attached hydrogens (tertiary/aromatic N) is 2. The quantitative estimate of drug-likeness (QED) is 0.0744. The average Bonchev–Trinajstić information content (AvgIpc) is 4.06. The number of aliphatic hydroxyl groups excluding tert-OH is 1. The van der Waals surface area contributed by atoms with Gasteiger partial charge in [-0.3, -0.25) is 24.0 Å². The normalized spacial score (nSPS) is 29.9. The lowest BCUT2D eigenvalue weighted by molar-refractivity contribution is -0.225. The molecule has 17 nitrogen and oxygen atoms in total. The lowest BCUT2D eigenvalue weighted by atomic mass is 9.62. The van der Waals surface area contributed by atoms with Crippen molar-refractivity contribution < 1.29 is 67.1 Å². The number of aliphatic hydroxyl groups is 1. The van der Waals surface area contributed by atoms with E-state index in [0.717, 1.165) is 44.1 Å². The van der Waals surface area contributed by atoms with Crippen LogP contribution in [-0.2, 0) is 68.6 Å². The molecule has 1 aromatic carbocycles. The third kappa shape index (κ3) is 10.9. The summed E-state index contributed by atoms with van der Waals surface area (Å²) >= 11 is 0. The molecule has 0 unspecified atom stereocenters. The number of benzene rings is 1. The first-order valence-electron chi connectivity index (χ1n) is 24.4. The van der Waals surface area contributed by atoms with E-state index < -0.39 is 113 Å². The summed E-state index contributed by atoms with van der Waals surface area (Å²) in [6, 6.07) is 4.38. The number of ether oxygens (including phenoxy) is 6. The molecule has 2 bridgehead atoms. The van der Waals surface area contributed by atoms with Crippen LogP contribution in [0.1, 0.15) is 143 Å². The zero-order valence-corrected chi connectivity index (χ0v) is 40.3. The monoisotopic (exact) mass is 937 g/mol. The van der Waals surface area contributed by atoms with Gasteiger partial charge in [0.25, 0.3) is 0 Å². The molecule has 1 aliphatic carbocycles. The Bertz CT molecular complexity index is 2010. The number of carbonyl (C=O) groups is 6. The molecule has 6 fully saturated rings. The summed E-state index contributed by atoms with van der Waals surface area (Å²) in [6.45, 7) is 13.2. The number of hydrogen-bond acceptors (Lipinski definition) is 15. The number of nitrogens with one attached hydrogen (secondary N) is 1. The van der Waals surface area contributed by atoms with Crippen LogP contribution in [0.3, 0.4) is 0 Å². The molecule has 9 atom stereocenters. The molecule has 5 saturated heterocycles. The van der Waals surface area contributed by atoms with Crippen molar-refractivity contribution in [2.45, 2.75) is 199 Å². The molecule has 5 aliphatic heterocycles. The van der Waals surface area contributed by atoms with E-state index in [9.17, 15) is 29.1 Å². The third-order valence-electron chi connectivity index (χ3n) is 13.9. The minimum absolute atomic E-state index is 0.0192. The highest BCUT2D eigenvalue weighted by atomic mass is 16.8. The Kier molecular flexibility index (Phi) is 15.6. The second-order valence-electron chi connectivity index (χ2n) is 20.9. The highest BCUT2D eigenvalue weighted by Gasteiger charge is 2.77. The van der Waals surface area contributed by atoms with E-state index in [0.29, 0.717) is 31.2 Å². The van der Waals surface area contributed by atoms with Crippen LogP contribution < -0.4 is 5.32 Å². The summed E-state index contributed by atoms with van der Waals surface area (Å²) in [7, 11) is 0. The van der Waals surface area contributed by atoms with Crippen molar-refractivity contribution in [3.05, 3.63) is 41.5 Å². The maximum absolute atomic E-state index is 15.6. The molecule has 1 saturated carbocycles. The Morgan fingerprint density at radius 2 is 1.66 bits per heavy atom. The van der Waals surface area contributed by atoms with Gasteiger partial charge >= 0.3 is 23.9 Å². The van der Waals surface area contributed by atoms with Crippen LogP contribution in [0.15, 0.2) is 30.3 Å². The van der Waals surface area contributed by atoms with Crippen molar-refractivity contribution in [2.24, 2.45) is 10.8 Å². The number of hydroxylamine groups is 2. The van der Waals surface area contributed by atoms with Crippen LogP contribution in [0, 0.1) is 10.8 Å². The first kappa shape index (κ1) is 50.5. The zero-order valence-electron chi connectivity index (χ0n) is 40.3. The minimum atomic E-state index is -1.51. The zero-order chi connectivity index (χ0) is 48.3. The molecule has 0 aromatic heterocycles. The van der Waals surface area contributed by atoms with Gasteiger partial charge in [0.1, 0.15) is 48.1 Å². The molecule has 6 aliphatic rings. The molecule has 17 heteroatoms. The van der Waals surface area contributed by atoms with E-state index in [1.165, 1.54) is 11.1 Å². The number of fused-ring (bicyclic) bond motifs is 4. The lowest BCUT2D eigenvalue weighted by Crippen LogP contribution is -2.70. The molecule has 0 spiro atoms. The number of hydrogen-bond donors (Lipinski definition) is 2. The molecule has 1 aromatic rings. The van der Waals surface area contributed by atoms with Crippen LogP contribution in [-0.4, -0.2) is 131 Å². The second-order valence-corrected chi connectivity index (χ2v) is 20.9. The van der Waals surface area contributed by atoms with Crippen molar-refractivity contribution in [1.29, 1.82) is 0 Å². The number of rotatable bonds is 20. The number of esters is 4. The Morgan fingerprint density at radius 3 is 2.28 bits per heavy atom. The fourth-order valence-electron chi connectivity index (χ4n) is 10.6. The van der Waals surface area contributed by atoms with Gasteiger partial charge in [0.2, 0.25) is 17.9 Å². The standard InChI is InChI=1S/C50H71N3O14/c1-8-10-12-24-49(25-13-11-9-2)65-38-35-27-50(46(60)52-26-14-15-34(52)43(57)51-33(29-54)21-23-37(56)64-47(3,4)5)40(44(58)62-35)53(67-41(50)39(38)66-49)28-32-18-16-31(17-19-32)20-22-36(55)63-42-45(59)61-30-48(42,6)7/h16-20,22,33-35,38-42,54H,8-15,21,23-30H2,1-7H3,(H,51,57)/t33-,34+,35+,38-,39-,40+,41+,42-,50+/m0/s1. The topological polar surface area (TPSA) is 206 Å². The number of carbonyl (C=O) groups excluding carboxylic acids is 6. The Hall–Kier alpha value is -4.42. The van der Waals surface area contributed by atoms with Crippen molar-refractivity contribution in [3.8, 4) is 0 Å². The SMILES string of the molecule is CCCCCC1(CCCCC)O[C@@H]2[C@H](O1)[C@H]1ON(Cc3ccc(C=CC(=O)O[C@H]4C(=O)OCC4(C)C)cc3)[C@@H]3C(=O)O[C@@H]2C[C@]13C(=O)N1CCC[C@@H]1C(=O)N[C@H](CO)CCC(=O)OC(C)(C)C. The van der Waals surface area contributed by atoms with Gasteiger partial charge in [-0.1, -0.05) is 77.6 Å². The first-order valence-corrected chi connectivity index (χ1v) is 24.4. The van der Waals surface area contributed by atoms with Crippen LogP contribution in [0.2, 0.25) is 0 Å². The number of cyclic esters (lactones) is 1. The lowest BCUT2D eigenvalue weighted by Gasteiger charge is -2.50. The van der Waals surface area contributed by atoms with Gasteiger partial charge in [-0.05, 0) is 70.1 Å². The maximum atomic E-state index is 15.6. The minimum Gasteiger partial charge on any atom is -0.462 e. The van der Waals surface area contributed by atoms with Crippen LogP contribution >= 0.6 is 0 Å². The Labute approximate surface area is 393 Å². The van der Waals surface area contributed by atoms with E-state index in [-0.39, 0.29) is 39.0 Å². The van der Waals surface area contributed by atoms with Gasteiger partial charge in [0, 0.05) is 43.7 Å². The van der Waals surface area contributed by atoms with Gasteiger partial charge in [-0.25, -0.2) is 9.59 Å². The molecule has 2 amide bonds. The summed E-state index contributed by atoms with van der Waals surface area (Å²) in [5, 5.41) is 14.6. The summed E-state index contributed by atoms with van der Waals surface area (Å²) in [6.07, 6.45) is 6.71. The fourth-order valence-corrected chi connectivity index (χ4v) is 10.6. The summed E-state index contributed by atoms with van der Waals surface area (Å²) in [4.78, 5) is 90.0. The van der Waals surface area contributed by atoms with E-state index in [4.69, 9.17) is 33.3 Å². The smallest absolute Gasteiger partial charge is 0.348 e. The van der Waals surface area contributed by atoms with Crippen molar-refractivity contribution in [2.75, 3.05) is 19.8 Å². The van der Waals surface area contributed by atoms with Crippen LogP contribution in [0.25, 0.3) is 6.08 Å². The summed E-state index contributed by atoms with van der Waals surface area (Å²) < 4.78 is 36.2. The molecule has 370 valence electrons. The maximum Gasteiger partial charge on any atom is 0.348 e. The van der Waals surface area contributed by atoms with Gasteiger partial charge in [0.05, 0.1) is 19.2 Å². The average molecular weight is 938 g/mol. The third-order valence-corrected chi connectivity index (χ3v) is 13.9. The largest absolute Gasteiger partial charge is 0.462 e. The van der Waals surface area contributed by atoms with E-state index in [1.54, 1.807) is 57.7 Å². The van der Waals surface area contributed by atoms with Gasteiger partial charge in [0.15, 0.2) is 11.8 Å². The molecule has 0 radical (unpaired) electrons. The molecule has 2 N–H and O–H groups in total. The molecular formula is C50H71N3O14. The van der Waals surface area contributed by atoms with Crippen molar-refractivity contribution >= 4 is 41.8 Å². The predicted octanol–water partition coefficient (Wildman–Crippen LogP) is 5.23. The molecular weight excluding hydrogens is 867 g/mol. The molecule has 7 rings (SSSR count). The summed E-state index contributed by atoms with van der Waals surface area (Å²) in [5.74, 6) is -4.16. The Morgan fingerprint density at radius 1 is 0.970 bits per heavy atom. The van der Waals surface area contributed by atoms with Gasteiger partial charge in [-0.2, -0.15) is 5.06 Å². The highest BCUT2D eigenvalue weighted by molar-refractivity contribution is 5.97. The van der Waals surface area contributed by atoms with Crippen molar-refractivity contribution in [3.63, 3.8) is 0 Å². The molecule has 5 heterocycles.